The number of hydrogen-bond acceptors (Lipinski definition) is 5. The van der Waals surface area contributed by atoms with Crippen LogP contribution in [0.4, 0.5) is 10.7 Å². The third-order valence-electron chi connectivity index (χ3n) is 4.01. The summed E-state index contributed by atoms with van der Waals surface area (Å²) in [5.74, 6) is 0.474. The van der Waals surface area contributed by atoms with Gasteiger partial charge in [-0.2, -0.15) is 0 Å². The van der Waals surface area contributed by atoms with Crippen molar-refractivity contribution in [3.63, 3.8) is 0 Å². The van der Waals surface area contributed by atoms with Gasteiger partial charge >= 0.3 is 6.03 Å². The Morgan fingerprint density at radius 1 is 1.24 bits per heavy atom. The van der Waals surface area contributed by atoms with E-state index in [-0.39, 0.29) is 11.9 Å². The molecular formula is C16H22N6O3. The summed E-state index contributed by atoms with van der Waals surface area (Å²) in [6.07, 6.45) is 4.74. The number of aryl methyl sites for hydroxylation is 1. The van der Waals surface area contributed by atoms with Crippen molar-refractivity contribution in [1.29, 1.82) is 0 Å². The van der Waals surface area contributed by atoms with Gasteiger partial charge in [-0.15, -0.1) is 5.10 Å². The number of rotatable bonds is 4. The van der Waals surface area contributed by atoms with E-state index in [1.807, 2.05) is 6.92 Å². The molecule has 3 heterocycles. The zero-order valence-corrected chi connectivity index (χ0v) is 14.2. The minimum Gasteiger partial charge on any atom is -0.459 e. The summed E-state index contributed by atoms with van der Waals surface area (Å²) >= 11 is 0. The van der Waals surface area contributed by atoms with E-state index in [0.29, 0.717) is 44.3 Å². The first-order valence-corrected chi connectivity index (χ1v) is 8.45. The second kappa shape index (κ2) is 7.82. The van der Waals surface area contributed by atoms with E-state index < -0.39 is 0 Å². The van der Waals surface area contributed by atoms with Gasteiger partial charge in [0.1, 0.15) is 6.33 Å². The predicted molar refractivity (Wildman–Crippen MR) is 90.1 cm³/mol. The van der Waals surface area contributed by atoms with Crippen LogP contribution < -0.4 is 5.32 Å². The topological polar surface area (TPSA) is 96.5 Å². The van der Waals surface area contributed by atoms with Gasteiger partial charge in [0.15, 0.2) is 5.76 Å². The smallest absolute Gasteiger partial charge is 0.324 e. The van der Waals surface area contributed by atoms with Gasteiger partial charge in [0, 0.05) is 32.7 Å². The van der Waals surface area contributed by atoms with E-state index in [9.17, 15) is 9.59 Å². The predicted octanol–water partition coefficient (Wildman–Crippen LogP) is 1.66. The number of nitrogens with zero attached hydrogens (tertiary/aromatic N) is 5. The monoisotopic (exact) mass is 346 g/mol. The van der Waals surface area contributed by atoms with Gasteiger partial charge in [-0.25, -0.2) is 9.78 Å². The van der Waals surface area contributed by atoms with Crippen LogP contribution in [0.5, 0.6) is 0 Å². The van der Waals surface area contributed by atoms with E-state index in [2.05, 4.69) is 15.4 Å². The third-order valence-corrected chi connectivity index (χ3v) is 4.01. The molecule has 25 heavy (non-hydrogen) atoms. The summed E-state index contributed by atoms with van der Waals surface area (Å²) in [7, 11) is 0. The van der Waals surface area contributed by atoms with Crippen molar-refractivity contribution in [3.05, 3.63) is 30.5 Å². The Bertz CT molecular complexity index is 711. The molecule has 134 valence electrons. The average molecular weight is 346 g/mol. The van der Waals surface area contributed by atoms with Crippen LogP contribution in [0.25, 0.3) is 0 Å². The number of nitrogens with one attached hydrogen (secondary N) is 1. The Morgan fingerprint density at radius 3 is 2.80 bits per heavy atom. The fourth-order valence-electron chi connectivity index (χ4n) is 2.74. The molecule has 1 aliphatic heterocycles. The molecule has 3 rings (SSSR count). The van der Waals surface area contributed by atoms with E-state index in [1.54, 1.807) is 32.9 Å². The van der Waals surface area contributed by atoms with Crippen molar-refractivity contribution in [1.82, 2.24) is 24.6 Å². The van der Waals surface area contributed by atoms with E-state index in [0.717, 1.165) is 13.0 Å². The highest BCUT2D eigenvalue weighted by molar-refractivity contribution is 5.91. The van der Waals surface area contributed by atoms with Gasteiger partial charge in [0.05, 0.1) is 6.26 Å². The summed E-state index contributed by atoms with van der Waals surface area (Å²) < 4.78 is 6.86. The highest BCUT2D eigenvalue weighted by atomic mass is 16.3. The van der Waals surface area contributed by atoms with Gasteiger partial charge in [0.2, 0.25) is 5.95 Å². The maximum absolute atomic E-state index is 12.4. The van der Waals surface area contributed by atoms with Crippen molar-refractivity contribution >= 4 is 17.9 Å². The van der Waals surface area contributed by atoms with Crippen LogP contribution in [0.2, 0.25) is 0 Å². The molecule has 1 fully saturated rings. The van der Waals surface area contributed by atoms with E-state index in [4.69, 9.17) is 4.42 Å². The molecule has 9 nitrogen and oxygen atoms in total. The van der Waals surface area contributed by atoms with Gasteiger partial charge < -0.3 is 14.2 Å². The standard InChI is InChI=1S/C16H22N6O3/c1-2-6-22-12-17-15(19-22)18-16(24)21-8-4-7-20(9-10-21)14(23)13-5-3-11-25-13/h3,5,11-12H,2,4,6-10H2,1H3,(H,18,19,24). The van der Waals surface area contributed by atoms with Gasteiger partial charge in [-0.3, -0.25) is 14.8 Å². The van der Waals surface area contributed by atoms with Crippen LogP contribution in [0.3, 0.4) is 0 Å². The van der Waals surface area contributed by atoms with E-state index in [1.165, 1.54) is 6.26 Å². The summed E-state index contributed by atoms with van der Waals surface area (Å²) in [5.41, 5.74) is 0. The van der Waals surface area contributed by atoms with Gasteiger partial charge in [-0.05, 0) is 25.0 Å². The zero-order valence-electron chi connectivity index (χ0n) is 14.2. The number of amides is 3. The van der Waals surface area contributed by atoms with Crippen molar-refractivity contribution in [2.45, 2.75) is 26.3 Å². The Balaban J connectivity index is 1.55. The Kier molecular flexibility index (Phi) is 5.32. The van der Waals surface area contributed by atoms with Crippen molar-refractivity contribution in [3.8, 4) is 0 Å². The van der Waals surface area contributed by atoms with Crippen LogP contribution >= 0.6 is 0 Å². The number of aromatic nitrogens is 3. The fourth-order valence-corrected chi connectivity index (χ4v) is 2.74. The average Bonchev–Trinajstić information content (AvgIpc) is 3.22. The lowest BCUT2D eigenvalue weighted by molar-refractivity contribution is 0.0731. The second-order valence-electron chi connectivity index (χ2n) is 5.87. The molecule has 0 unspecified atom stereocenters. The highest BCUT2D eigenvalue weighted by Gasteiger charge is 2.24. The molecule has 0 aromatic carbocycles. The van der Waals surface area contributed by atoms with Gasteiger partial charge in [0.25, 0.3) is 5.91 Å². The molecule has 0 bridgehead atoms. The van der Waals surface area contributed by atoms with Crippen LogP contribution in [-0.4, -0.2) is 62.7 Å². The normalized spacial score (nSPS) is 15.1. The maximum atomic E-state index is 12.4. The molecule has 1 N–H and O–H groups in total. The van der Waals surface area contributed by atoms with E-state index >= 15 is 0 Å². The second-order valence-corrected chi connectivity index (χ2v) is 5.87. The lowest BCUT2D eigenvalue weighted by atomic mass is 10.3. The summed E-state index contributed by atoms with van der Waals surface area (Å²) in [5, 5.41) is 6.92. The molecule has 1 saturated heterocycles. The molecule has 3 amide bonds. The Hall–Kier alpha value is -2.84. The molecule has 0 spiro atoms. The molecule has 0 saturated carbocycles. The lowest BCUT2D eigenvalue weighted by Gasteiger charge is -2.21. The SMILES string of the molecule is CCCn1cnc(NC(=O)N2CCCN(C(=O)c3ccco3)CC2)n1. The van der Waals surface area contributed by atoms with Crippen LogP contribution in [0, 0.1) is 0 Å². The Labute approximate surface area is 145 Å². The maximum Gasteiger partial charge on any atom is 0.324 e. The van der Waals surface area contributed by atoms with Gasteiger partial charge in [-0.1, -0.05) is 6.92 Å². The minimum atomic E-state index is -0.249. The lowest BCUT2D eigenvalue weighted by Crippen LogP contribution is -2.39. The molecular weight excluding hydrogens is 324 g/mol. The van der Waals surface area contributed by atoms with Crippen molar-refractivity contribution < 1.29 is 14.0 Å². The molecule has 1 aliphatic rings. The fraction of sp³-hybridized carbons (Fsp3) is 0.500. The number of urea groups is 1. The minimum absolute atomic E-state index is 0.146. The quantitative estimate of drug-likeness (QED) is 0.908. The first-order chi connectivity index (χ1) is 12.2. The number of hydrogen-bond donors (Lipinski definition) is 1. The summed E-state index contributed by atoms with van der Waals surface area (Å²) in [6.45, 7) is 4.89. The molecule has 9 heteroatoms. The van der Waals surface area contributed by atoms with Crippen molar-refractivity contribution in [2.24, 2.45) is 0 Å². The van der Waals surface area contributed by atoms with Crippen molar-refractivity contribution in [2.75, 3.05) is 31.5 Å². The highest BCUT2D eigenvalue weighted by Crippen LogP contribution is 2.11. The summed E-state index contributed by atoms with van der Waals surface area (Å²) in [6, 6.07) is 3.09. The van der Waals surface area contributed by atoms with Crippen LogP contribution in [-0.2, 0) is 6.54 Å². The molecule has 2 aromatic rings. The van der Waals surface area contributed by atoms with Crippen LogP contribution in [0.1, 0.15) is 30.3 Å². The zero-order chi connectivity index (χ0) is 17.6. The first-order valence-electron chi connectivity index (χ1n) is 8.45. The molecule has 0 atom stereocenters. The number of carbonyl (C=O) groups excluding carboxylic acids is 2. The first kappa shape index (κ1) is 17.0. The summed E-state index contributed by atoms with van der Waals surface area (Å²) in [4.78, 5) is 32.2. The third kappa shape index (κ3) is 4.17. The molecule has 2 aromatic heterocycles. The van der Waals surface area contributed by atoms with Crippen LogP contribution in [0.15, 0.2) is 29.1 Å². The largest absolute Gasteiger partial charge is 0.459 e. The number of carbonyl (C=O) groups is 2. The Morgan fingerprint density at radius 2 is 2.04 bits per heavy atom. The molecule has 0 radical (unpaired) electrons. The number of anilines is 1. The number of furan rings is 1. The molecule has 0 aliphatic carbocycles.